The summed E-state index contributed by atoms with van der Waals surface area (Å²) in [6.45, 7) is 1.63. The van der Waals surface area contributed by atoms with Crippen LogP contribution in [0.1, 0.15) is 15.9 Å². The molecule has 1 rings (SSSR count). The summed E-state index contributed by atoms with van der Waals surface area (Å²) < 4.78 is 0. The minimum absolute atomic E-state index is 0.249. The van der Waals surface area contributed by atoms with Gasteiger partial charge in [-0.05, 0) is 24.1 Å². The van der Waals surface area contributed by atoms with Crippen molar-refractivity contribution >= 4 is 5.91 Å². The van der Waals surface area contributed by atoms with Gasteiger partial charge in [-0.3, -0.25) is 4.79 Å². The maximum absolute atomic E-state index is 10.8. The molecule has 0 atom stereocenters. The number of amides is 1. The van der Waals surface area contributed by atoms with E-state index in [-0.39, 0.29) is 5.75 Å². The first-order valence-corrected chi connectivity index (χ1v) is 3.54. The second kappa shape index (κ2) is 3.88. The van der Waals surface area contributed by atoms with E-state index in [0.717, 1.165) is 0 Å². The highest BCUT2D eigenvalue weighted by atomic mass is 17.5. The third-order valence-electron chi connectivity index (χ3n) is 1.68. The van der Waals surface area contributed by atoms with Gasteiger partial charge in [-0.1, -0.05) is 6.07 Å². The topological polar surface area (TPSA) is 81.8 Å². The molecule has 1 aromatic rings. The van der Waals surface area contributed by atoms with Gasteiger partial charge in [0.2, 0.25) is 5.91 Å². The van der Waals surface area contributed by atoms with Crippen LogP contribution < -0.4 is 10.6 Å². The van der Waals surface area contributed by atoms with Crippen LogP contribution >= 0.6 is 0 Å². The summed E-state index contributed by atoms with van der Waals surface area (Å²) in [5.74, 6) is -0.306. The summed E-state index contributed by atoms with van der Waals surface area (Å²) in [6, 6.07) is 4.67. The van der Waals surface area contributed by atoms with Crippen LogP contribution in [0.15, 0.2) is 18.2 Å². The first kappa shape index (κ1) is 9.50. The van der Waals surface area contributed by atoms with Gasteiger partial charge in [0.25, 0.3) is 0 Å². The first-order valence-electron chi connectivity index (χ1n) is 3.54. The molecule has 0 saturated heterocycles. The quantitative estimate of drug-likeness (QED) is 0.538. The lowest BCUT2D eigenvalue weighted by atomic mass is 10.1. The van der Waals surface area contributed by atoms with E-state index in [1.54, 1.807) is 19.1 Å². The van der Waals surface area contributed by atoms with E-state index >= 15 is 0 Å². The first-order chi connectivity index (χ1) is 6.16. The van der Waals surface area contributed by atoms with E-state index in [1.165, 1.54) is 6.07 Å². The largest absolute Gasteiger partial charge is 0.366 e. The van der Waals surface area contributed by atoms with Crippen molar-refractivity contribution in [3.8, 4) is 5.75 Å². The van der Waals surface area contributed by atoms with E-state index in [4.69, 9.17) is 11.0 Å². The Bertz CT molecular complexity index is 324. The lowest BCUT2D eigenvalue weighted by Crippen LogP contribution is -2.13. The van der Waals surface area contributed by atoms with Gasteiger partial charge < -0.3 is 10.6 Å². The van der Waals surface area contributed by atoms with Gasteiger partial charge in [-0.15, -0.1) is 0 Å². The molecule has 5 nitrogen and oxygen atoms in total. The maximum Gasteiger partial charge on any atom is 0.249 e. The number of hydrogen-bond acceptors (Lipinski definition) is 4. The zero-order valence-corrected chi connectivity index (χ0v) is 6.98. The molecule has 0 aliphatic rings. The van der Waals surface area contributed by atoms with E-state index in [1.807, 2.05) is 0 Å². The van der Waals surface area contributed by atoms with Crippen LogP contribution in [0.3, 0.4) is 0 Å². The van der Waals surface area contributed by atoms with Gasteiger partial charge in [0.1, 0.15) is 0 Å². The maximum atomic E-state index is 10.8. The Hall–Kier alpha value is -1.59. The molecule has 70 valence electrons. The Morgan fingerprint density at radius 2 is 2.23 bits per heavy atom. The summed E-state index contributed by atoms with van der Waals surface area (Å²) in [7, 11) is 0. The normalized spacial score (nSPS) is 9.69. The molecule has 0 fully saturated rings. The summed E-state index contributed by atoms with van der Waals surface area (Å²) in [5.41, 5.74) is 5.93. The number of nitrogens with two attached hydrogens (primary N) is 1. The van der Waals surface area contributed by atoms with Gasteiger partial charge in [0, 0.05) is 11.1 Å². The van der Waals surface area contributed by atoms with Crippen molar-refractivity contribution in [2.45, 2.75) is 6.92 Å². The van der Waals surface area contributed by atoms with Crippen LogP contribution in [0.4, 0.5) is 0 Å². The molecule has 0 spiro atoms. The fraction of sp³-hybridized carbons (Fsp3) is 0.125. The van der Waals surface area contributed by atoms with Crippen molar-refractivity contribution in [2.24, 2.45) is 5.73 Å². The number of hydrogen-bond donors (Lipinski definition) is 2. The SMILES string of the molecule is Cc1c(OOO)cccc1C(N)=O. The fourth-order valence-corrected chi connectivity index (χ4v) is 1.01. The average molecular weight is 183 g/mol. The van der Waals surface area contributed by atoms with Crippen molar-refractivity contribution in [1.82, 2.24) is 0 Å². The van der Waals surface area contributed by atoms with E-state index < -0.39 is 5.91 Å². The predicted molar refractivity (Wildman–Crippen MR) is 44.0 cm³/mol. The summed E-state index contributed by atoms with van der Waals surface area (Å²) in [5, 5.41) is 11.5. The van der Waals surface area contributed by atoms with Crippen LogP contribution in [0.2, 0.25) is 0 Å². The van der Waals surface area contributed by atoms with Crippen LogP contribution in [0.5, 0.6) is 5.75 Å². The van der Waals surface area contributed by atoms with Crippen LogP contribution in [-0.2, 0) is 5.04 Å². The van der Waals surface area contributed by atoms with Crippen LogP contribution in [0.25, 0.3) is 0 Å². The van der Waals surface area contributed by atoms with E-state index in [9.17, 15) is 4.79 Å². The van der Waals surface area contributed by atoms with Crippen molar-refractivity contribution in [3.63, 3.8) is 0 Å². The third kappa shape index (κ3) is 1.95. The van der Waals surface area contributed by atoms with E-state index in [0.29, 0.717) is 11.1 Å². The van der Waals surface area contributed by atoms with Gasteiger partial charge in [0.15, 0.2) is 5.75 Å². The number of benzene rings is 1. The highest BCUT2D eigenvalue weighted by Crippen LogP contribution is 2.20. The zero-order chi connectivity index (χ0) is 9.84. The van der Waals surface area contributed by atoms with Gasteiger partial charge >= 0.3 is 0 Å². The lowest BCUT2D eigenvalue weighted by Gasteiger charge is -2.05. The van der Waals surface area contributed by atoms with Gasteiger partial charge in [0.05, 0.1) is 0 Å². The molecule has 1 aromatic carbocycles. The van der Waals surface area contributed by atoms with Gasteiger partial charge in [-0.25, -0.2) is 5.26 Å². The molecule has 0 unspecified atom stereocenters. The Morgan fingerprint density at radius 1 is 1.54 bits per heavy atom. The minimum atomic E-state index is -0.555. The third-order valence-corrected chi connectivity index (χ3v) is 1.68. The Kier molecular flexibility index (Phi) is 2.84. The minimum Gasteiger partial charge on any atom is -0.366 e. The highest BCUT2D eigenvalue weighted by molar-refractivity contribution is 5.94. The Morgan fingerprint density at radius 3 is 2.77 bits per heavy atom. The average Bonchev–Trinajstić information content (AvgIpc) is 2.08. The Balaban J connectivity index is 3.10. The molecule has 0 heterocycles. The summed E-state index contributed by atoms with van der Waals surface area (Å²) in [6.07, 6.45) is 0. The Labute approximate surface area is 74.5 Å². The van der Waals surface area contributed by atoms with Crippen molar-refractivity contribution in [2.75, 3.05) is 0 Å². The fourth-order valence-electron chi connectivity index (χ4n) is 1.01. The molecular weight excluding hydrogens is 174 g/mol. The van der Waals surface area contributed by atoms with Crippen LogP contribution in [0, 0.1) is 6.92 Å². The number of primary amides is 1. The molecule has 5 heteroatoms. The molecule has 0 aliphatic heterocycles. The molecule has 0 aromatic heterocycles. The number of carbonyl (C=O) groups excluding carboxylic acids is 1. The number of carbonyl (C=O) groups is 1. The second-order valence-electron chi connectivity index (χ2n) is 2.45. The van der Waals surface area contributed by atoms with Crippen molar-refractivity contribution < 1.29 is 20.0 Å². The molecule has 1 amide bonds. The second-order valence-corrected chi connectivity index (χ2v) is 2.45. The smallest absolute Gasteiger partial charge is 0.249 e. The zero-order valence-electron chi connectivity index (χ0n) is 6.98. The molecule has 0 aliphatic carbocycles. The standard InChI is InChI=1S/C8H9NO4/c1-5-6(8(9)10)3-2-4-7(5)12-13-11/h2-4,11H,1H3,(H2,9,10). The molecule has 0 radical (unpaired) electrons. The molecule has 0 saturated carbocycles. The summed E-state index contributed by atoms with van der Waals surface area (Å²) in [4.78, 5) is 15.2. The summed E-state index contributed by atoms with van der Waals surface area (Å²) >= 11 is 0. The van der Waals surface area contributed by atoms with Crippen molar-refractivity contribution in [3.05, 3.63) is 29.3 Å². The van der Waals surface area contributed by atoms with Crippen LogP contribution in [-0.4, -0.2) is 11.2 Å². The lowest BCUT2D eigenvalue weighted by molar-refractivity contribution is -0.439. The number of rotatable bonds is 3. The predicted octanol–water partition coefficient (Wildman–Crippen LogP) is 0.877. The highest BCUT2D eigenvalue weighted by Gasteiger charge is 2.09. The monoisotopic (exact) mass is 183 g/mol. The molecular formula is C8H9NO4. The molecule has 13 heavy (non-hydrogen) atoms. The molecule has 3 N–H and O–H groups in total. The van der Waals surface area contributed by atoms with Gasteiger partial charge in [-0.2, -0.15) is 0 Å². The van der Waals surface area contributed by atoms with Crippen molar-refractivity contribution in [1.29, 1.82) is 0 Å². The molecule has 0 bridgehead atoms. The van der Waals surface area contributed by atoms with E-state index in [2.05, 4.69) is 9.93 Å².